The number of pyridine rings is 2. The van der Waals surface area contributed by atoms with E-state index in [4.69, 9.17) is 4.74 Å². The third-order valence-corrected chi connectivity index (χ3v) is 3.50. The van der Waals surface area contributed by atoms with E-state index in [2.05, 4.69) is 31.4 Å². The molecule has 0 saturated carbocycles. The van der Waals surface area contributed by atoms with E-state index in [0.717, 1.165) is 0 Å². The monoisotopic (exact) mass is 537 g/mol. The summed E-state index contributed by atoms with van der Waals surface area (Å²) in [5, 5.41) is 21.7. The molecule has 0 atom stereocenters. The first-order valence-electron chi connectivity index (χ1n) is 7.77. The second-order valence-corrected chi connectivity index (χ2v) is 5.26. The molecule has 1 N–H and O–H groups in total. The summed E-state index contributed by atoms with van der Waals surface area (Å²) in [6, 6.07) is 20.5. The Balaban J connectivity index is 0.00000210. The van der Waals surface area contributed by atoms with Crippen LogP contribution in [0.5, 0.6) is 17.5 Å². The van der Waals surface area contributed by atoms with E-state index >= 15 is 0 Å². The molecule has 136 valence electrons. The Hall–Kier alpha value is -3.18. The van der Waals surface area contributed by atoms with Crippen LogP contribution in [0.1, 0.15) is 0 Å². The second kappa shape index (κ2) is 8.47. The molecule has 0 aliphatic heterocycles. The molecule has 0 aliphatic carbocycles. The van der Waals surface area contributed by atoms with Crippen molar-refractivity contribution < 1.29 is 30.9 Å². The van der Waals surface area contributed by atoms with Gasteiger partial charge < -0.3 is 9.84 Å². The van der Waals surface area contributed by atoms with E-state index in [9.17, 15) is 5.11 Å². The maximum Gasteiger partial charge on any atom is 0.221 e. The van der Waals surface area contributed by atoms with Gasteiger partial charge in [0, 0.05) is 39.0 Å². The fraction of sp³-hybridized carbons (Fsp3) is 0. The maximum atomic E-state index is 9.98. The minimum absolute atomic E-state index is 0. The number of aromatic hydroxyl groups is 1. The smallest absolute Gasteiger partial charge is 0.221 e. The predicted octanol–water partition coefficient (Wildman–Crippen LogP) is 3.29. The van der Waals surface area contributed by atoms with Gasteiger partial charge in [-0.3, -0.25) is 4.98 Å². The molecule has 7 nitrogen and oxygen atoms in total. The Bertz CT molecular complexity index is 1050. The molecule has 0 bridgehead atoms. The maximum absolute atomic E-state index is 9.98. The van der Waals surface area contributed by atoms with Gasteiger partial charge in [-0.15, -0.1) is 12.1 Å². The van der Waals surface area contributed by atoms with Crippen molar-refractivity contribution in [3.63, 3.8) is 0 Å². The molecule has 0 aliphatic rings. The van der Waals surface area contributed by atoms with E-state index in [1.165, 1.54) is 0 Å². The Morgan fingerprint density at radius 3 is 2.41 bits per heavy atom. The molecule has 0 radical (unpaired) electrons. The van der Waals surface area contributed by atoms with E-state index in [1.807, 2.05) is 6.07 Å². The van der Waals surface area contributed by atoms with Gasteiger partial charge in [0.05, 0.1) is 5.75 Å². The van der Waals surface area contributed by atoms with Gasteiger partial charge in [-0.1, -0.05) is 35.9 Å². The van der Waals surface area contributed by atoms with Gasteiger partial charge in [0.1, 0.15) is 0 Å². The van der Waals surface area contributed by atoms with Crippen molar-refractivity contribution in [3.8, 4) is 40.2 Å². The van der Waals surface area contributed by atoms with Crippen molar-refractivity contribution >= 4 is 0 Å². The van der Waals surface area contributed by atoms with Gasteiger partial charge in [0.2, 0.25) is 11.8 Å². The first-order chi connectivity index (χ1) is 12.8. The summed E-state index contributed by atoms with van der Waals surface area (Å²) in [6.07, 6.45) is 1.64. The topological polar surface area (TPSA) is 93.9 Å². The largest absolute Gasteiger partial charge is 0.520 e. The first kappa shape index (κ1) is 18.6. The molecule has 0 unspecified atom stereocenters. The normalized spacial score (nSPS) is 10.1. The zero-order valence-electron chi connectivity index (χ0n) is 13.8. The van der Waals surface area contributed by atoms with E-state index in [1.54, 1.807) is 60.8 Å². The second-order valence-electron chi connectivity index (χ2n) is 5.26. The van der Waals surface area contributed by atoms with Crippen LogP contribution in [0, 0.1) is 6.07 Å². The van der Waals surface area contributed by atoms with Crippen LogP contribution in [0.4, 0.5) is 0 Å². The zero-order valence-corrected chi connectivity index (χ0v) is 16.0. The summed E-state index contributed by atoms with van der Waals surface area (Å²) in [6.45, 7) is 0. The SMILES string of the molecule is Oc1ccccc1-c1[c-]c(-c2cccc(Oc3ccccn3)n2)nnn1.[Pt]. The van der Waals surface area contributed by atoms with Gasteiger partial charge in [-0.05, 0) is 34.8 Å². The third kappa shape index (κ3) is 4.32. The number of para-hydroxylation sites is 1. The van der Waals surface area contributed by atoms with Crippen molar-refractivity contribution in [2.24, 2.45) is 0 Å². The summed E-state index contributed by atoms with van der Waals surface area (Å²) in [7, 11) is 0. The summed E-state index contributed by atoms with van der Waals surface area (Å²) in [5.41, 5.74) is 1.81. The predicted molar refractivity (Wildman–Crippen MR) is 93.3 cm³/mol. The molecule has 0 fully saturated rings. The molecule has 27 heavy (non-hydrogen) atoms. The van der Waals surface area contributed by atoms with Crippen molar-refractivity contribution in [1.29, 1.82) is 0 Å². The number of rotatable bonds is 4. The summed E-state index contributed by atoms with van der Waals surface area (Å²) in [4.78, 5) is 8.51. The number of phenols is 1. The standard InChI is InChI=1S/C19H12N5O2.Pt/c25-17-8-2-1-6-13(17)15-12-16(23-24-22-15)14-7-5-10-19(21-14)26-18-9-3-4-11-20-18;/h1-11,25H;/q-1;. The number of nitrogens with zero attached hydrogens (tertiary/aromatic N) is 5. The van der Waals surface area contributed by atoms with Crippen LogP contribution in [0.3, 0.4) is 0 Å². The van der Waals surface area contributed by atoms with Crippen molar-refractivity contribution in [3.05, 3.63) is 72.9 Å². The fourth-order valence-electron chi connectivity index (χ4n) is 2.30. The number of benzene rings is 1. The molecule has 4 rings (SSSR count). The number of hydrogen-bond acceptors (Lipinski definition) is 7. The first-order valence-corrected chi connectivity index (χ1v) is 7.77. The Kier molecular flexibility index (Phi) is 5.83. The summed E-state index contributed by atoms with van der Waals surface area (Å²) >= 11 is 0. The van der Waals surface area contributed by atoms with E-state index in [0.29, 0.717) is 34.4 Å². The Labute approximate surface area is 169 Å². The third-order valence-electron chi connectivity index (χ3n) is 3.50. The van der Waals surface area contributed by atoms with Crippen LogP contribution in [-0.4, -0.2) is 30.5 Å². The molecule has 0 amide bonds. The Morgan fingerprint density at radius 2 is 1.59 bits per heavy atom. The molecule has 4 aromatic rings. The summed E-state index contributed by atoms with van der Waals surface area (Å²) in [5.74, 6) is 0.907. The van der Waals surface area contributed by atoms with E-state index < -0.39 is 0 Å². The molecule has 1 aromatic carbocycles. The van der Waals surface area contributed by atoms with Gasteiger partial charge in [-0.25, -0.2) is 4.98 Å². The van der Waals surface area contributed by atoms with Gasteiger partial charge in [0.25, 0.3) is 0 Å². The molecular formula is C19H12N5O2Pt-. The average Bonchev–Trinajstić information content (AvgIpc) is 2.69. The molecule has 3 aromatic heterocycles. The number of aromatic nitrogens is 5. The minimum Gasteiger partial charge on any atom is -0.520 e. The van der Waals surface area contributed by atoms with Gasteiger partial charge in [0.15, 0.2) is 0 Å². The van der Waals surface area contributed by atoms with Crippen molar-refractivity contribution in [2.75, 3.05) is 0 Å². The molecule has 8 heteroatoms. The van der Waals surface area contributed by atoms with Crippen LogP contribution < -0.4 is 4.74 Å². The average molecular weight is 537 g/mol. The number of phenolic OH excluding ortho intramolecular Hbond substituents is 1. The van der Waals surface area contributed by atoms with Crippen LogP contribution in [0.25, 0.3) is 22.6 Å². The van der Waals surface area contributed by atoms with Crippen molar-refractivity contribution in [1.82, 2.24) is 25.4 Å². The minimum atomic E-state index is 0. The van der Waals surface area contributed by atoms with E-state index in [-0.39, 0.29) is 26.8 Å². The van der Waals surface area contributed by atoms with Crippen molar-refractivity contribution in [2.45, 2.75) is 0 Å². The molecular weight excluding hydrogens is 525 g/mol. The quantitative estimate of drug-likeness (QED) is 0.400. The van der Waals surface area contributed by atoms with Crippen LogP contribution in [-0.2, 0) is 21.1 Å². The number of hydrogen-bond donors (Lipinski definition) is 1. The van der Waals surface area contributed by atoms with Crippen LogP contribution in [0.15, 0.2) is 66.9 Å². The Morgan fingerprint density at radius 1 is 0.815 bits per heavy atom. The summed E-state index contributed by atoms with van der Waals surface area (Å²) < 4.78 is 5.63. The fourth-order valence-corrected chi connectivity index (χ4v) is 2.30. The molecule has 0 saturated heterocycles. The molecule has 3 heterocycles. The van der Waals surface area contributed by atoms with Crippen LogP contribution in [0.2, 0.25) is 0 Å². The number of ether oxygens (including phenoxy) is 1. The molecule has 0 spiro atoms. The zero-order chi connectivity index (χ0) is 17.8. The van der Waals surface area contributed by atoms with Gasteiger partial charge in [-0.2, -0.15) is 10.2 Å². The van der Waals surface area contributed by atoms with Crippen LogP contribution >= 0.6 is 0 Å². The van der Waals surface area contributed by atoms with Gasteiger partial charge >= 0.3 is 0 Å².